The van der Waals surface area contributed by atoms with Crippen LogP contribution >= 0.6 is 47.0 Å². The summed E-state index contributed by atoms with van der Waals surface area (Å²) >= 11 is 7.42. The van der Waals surface area contributed by atoms with E-state index in [1.165, 1.54) is 26.3 Å². The van der Waals surface area contributed by atoms with Crippen LogP contribution in [-0.4, -0.2) is 28.8 Å². The average molecular weight is 515 g/mol. The van der Waals surface area contributed by atoms with Crippen LogP contribution in [0.4, 0.5) is 0 Å². The Kier molecular flexibility index (Phi) is 9.03. The van der Waals surface area contributed by atoms with E-state index in [1.807, 2.05) is 35.3 Å². The number of hydrogen-bond acceptors (Lipinski definition) is 6. The van der Waals surface area contributed by atoms with Crippen molar-refractivity contribution in [1.82, 2.24) is 0 Å². The maximum atomic E-state index is 12.0. The molecule has 1 aromatic rings. The highest BCUT2D eigenvalue weighted by Crippen LogP contribution is 2.50. The van der Waals surface area contributed by atoms with Crippen LogP contribution in [0.15, 0.2) is 80.7 Å². The first kappa shape index (κ1) is 24.9. The molecule has 2 nitrogen and oxygen atoms in total. The van der Waals surface area contributed by atoms with Gasteiger partial charge in [0.05, 0.1) is 0 Å². The number of fused-ring (bicyclic) bond motifs is 1. The summed E-state index contributed by atoms with van der Waals surface area (Å²) in [6, 6.07) is 8.76. The maximum absolute atomic E-state index is 12.0. The number of hydrogen-bond donors (Lipinski definition) is 0. The van der Waals surface area contributed by atoms with E-state index in [0.29, 0.717) is 17.1 Å². The second-order valence-corrected chi connectivity index (χ2v) is 12.8. The van der Waals surface area contributed by atoms with Crippen molar-refractivity contribution in [3.63, 3.8) is 0 Å². The normalized spacial score (nSPS) is 28.8. The predicted molar refractivity (Wildman–Crippen MR) is 149 cm³/mol. The second-order valence-electron chi connectivity index (χ2n) is 8.42. The zero-order valence-electron chi connectivity index (χ0n) is 19.0. The fraction of sp³-hybridized carbons (Fsp3) is 0.370. The Bertz CT molecular complexity index is 994. The molecule has 5 atom stereocenters. The van der Waals surface area contributed by atoms with E-state index in [-0.39, 0.29) is 17.3 Å². The van der Waals surface area contributed by atoms with Gasteiger partial charge in [-0.05, 0) is 66.0 Å². The lowest BCUT2D eigenvalue weighted by Crippen LogP contribution is -2.36. The summed E-state index contributed by atoms with van der Waals surface area (Å²) in [7, 11) is 0. The van der Waals surface area contributed by atoms with E-state index < -0.39 is 0 Å². The van der Waals surface area contributed by atoms with E-state index in [1.54, 1.807) is 11.8 Å². The Labute approximate surface area is 214 Å². The molecule has 1 heterocycles. The molecular weight excluding hydrogens is 485 g/mol. The van der Waals surface area contributed by atoms with Crippen molar-refractivity contribution in [1.29, 1.82) is 0 Å². The van der Waals surface area contributed by atoms with Crippen LogP contribution in [0.2, 0.25) is 0 Å². The summed E-state index contributed by atoms with van der Waals surface area (Å²) in [4.78, 5) is 16.1. The minimum atomic E-state index is -0.315. The summed E-state index contributed by atoms with van der Waals surface area (Å²) in [5.41, 5.74) is 1.24. The number of carbonyl (C=O) groups is 1. The summed E-state index contributed by atoms with van der Waals surface area (Å²) < 4.78 is 5.82. The van der Waals surface area contributed by atoms with Crippen molar-refractivity contribution >= 4 is 59.1 Å². The molecule has 0 spiro atoms. The highest BCUT2D eigenvalue weighted by atomic mass is 32.2. The second kappa shape index (κ2) is 12.0. The van der Waals surface area contributed by atoms with Crippen LogP contribution in [0.25, 0.3) is 6.08 Å². The third-order valence-electron chi connectivity index (χ3n) is 6.10. The number of benzene rings is 1. The van der Waals surface area contributed by atoms with Gasteiger partial charge in [-0.1, -0.05) is 43.9 Å². The van der Waals surface area contributed by atoms with Crippen LogP contribution in [0.3, 0.4) is 0 Å². The fourth-order valence-corrected chi connectivity index (χ4v) is 8.80. The largest absolute Gasteiger partial charge is 0.458 e. The molecule has 2 aliphatic carbocycles. The van der Waals surface area contributed by atoms with Gasteiger partial charge in [0, 0.05) is 37.2 Å². The Morgan fingerprint density at radius 3 is 2.94 bits per heavy atom. The molecule has 1 aliphatic heterocycles. The Morgan fingerprint density at radius 1 is 1.24 bits per heavy atom. The number of carbonyl (C=O) groups excluding carboxylic acids is 1. The van der Waals surface area contributed by atoms with Crippen molar-refractivity contribution in [2.45, 2.75) is 47.7 Å². The number of thioether (sulfide) groups is 4. The summed E-state index contributed by atoms with van der Waals surface area (Å²) in [6.07, 6.45) is 15.3. The molecule has 0 radical (unpaired) electrons. The Balaban J connectivity index is 1.49. The van der Waals surface area contributed by atoms with E-state index in [0.717, 1.165) is 19.3 Å². The van der Waals surface area contributed by atoms with Crippen LogP contribution in [0.5, 0.6) is 0 Å². The first-order chi connectivity index (χ1) is 16.1. The molecule has 1 aromatic carbocycles. The predicted octanol–water partition coefficient (Wildman–Crippen LogP) is 8.16. The van der Waals surface area contributed by atoms with Crippen molar-refractivity contribution in [2.75, 3.05) is 6.26 Å². The third-order valence-corrected chi connectivity index (χ3v) is 10.4. The highest BCUT2D eigenvalue weighted by molar-refractivity contribution is 8.08. The van der Waals surface area contributed by atoms with Crippen LogP contribution in [0.1, 0.15) is 31.7 Å². The minimum absolute atomic E-state index is 0.0770. The smallest absolute Gasteiger partial charge is 0.330 e. The standard InChI is InChI=1S/C27H30O2S4/c1-4-26(28)29-23-10-9-21(32-20-7-5-6-19(16-20)12-14-30-3)17-25(23)33-24-11-8-18(2)22-13-15-31-27(22)24/h4-8,11-16,18,21-23,25H,1,9-10,17H2,2-3H3/b14-12-. The lowest BCUT2D eigenvalue weighted by Gasteiger charge is -2.36. The van der Waals surface area contributed by atoms with Gasteiger partial charge in [-0.25, -0.2) is 4.79 Å². The van der Waals surface area contributed by atoms with Gasteiger partial charge in [-0.2, -0.15) is 0 Å². The van der Waals surface area contributed by atoms with Gasteiger partial charge < -0.3 is 4.74 Å². The molecule has 1 fully saturated rings. The van der Waals surface area contributed by atoms with Crippen molar-refractivity contribution in [3.8, 4) is 0 Å². The van der Waals surface area contributed by atoms with Gasteiger partial charge in [0.1, 0.15) is 6.10 Å². The summed E-state index contributed by atoms with van der Waals surface area (Å²) in [5, 5.41) is 5.08. The van der Waals surface area contributed by atoms with Gasteiger partial charge in [-0.15, -0.1) is 47.0 Å². The molecule has 0 aromatic heterocycles. The van der Waals surface area contributed by atoms with Crippen LogP contribution in [0, 0.1) is 11.8 Å². The minimum Gasteiger partial charge on any atom is -0.458 e. The molecular formula is C27H30O2S4. The molecule has 174 valence electrons. The van der Waals surface area contributed by atoms with E-state index >= 15 is 0 Å². The molecule has 33 heavy (non-hydrogen) atoms. The SMILES string of the molecule is C=CC(=O)OC1CCC(Sc2cccc(/C=C\SC)c2)CC1SC1=C2SC=CC2C(C)C=C1. The lowest BCUT2D eigenvalue weighted by atomic mass is 9.90. The molecule has 6 heteroatoms. The quantitative estimate of drug-likeness (QED) is 0.256. The van der Waals surface area contributed by atoms with Crippen LogP contribution in [-0.2, 0) is 9.53 Å². The monoisotopic (exact) mass is 514 g/mol. The zero-order valence-corrected chi connectivity index (χ0v) is 22.3. The van der Waals surface area contributed by atoms with Crippen LogP contribution < -0.4 is 0 Å². The summed E-state index contributed by atoms with van der Waals surface area (Å²) in [5.74, 6) is 0.708. The molecule has 4 rings (SSSR count). The highest BCUT2D eigenvalue weighted by Gasteiger charge is 2.36. The van der Waals surface area contributed by atoms with Crippen molar-refractivity contribution in [2.24, 2.45) is 11.8 Å². The molecule has 0 saturated heterocycles. The molecule has 0 bridgehead atoms. The Morgan fingerprint density at radius 2 is 2.12 bits per heavy atom. The van der Waals surface area contributed by atoms with Gasteiger partial charge in [0.25, 0.3) is 0 Å². The van der Waals surface area contributed by atoms with Crippen molar-refractivity contribution < 1.29 is 9.53 Å². The topological polar surface area (TPSA) is 26.3 Å². The first-order valence-electron chi connectivity index (χ1n) is 11.3. The number of rotatable bonds is 8. The van der Waals surface area contributed by atoms with Gasteiger partial charge in [0.15, 0.2) is 0 Å². The van der Waals surface area contributed by atoms with E-state index in [9.17, 15) is 4.79 Å². The number of allylic oxidation sites excluding steroid dienone is 4. The first-order valence-corrected chi connectivity index (χ1v) is 15.2. The zero-order chi connectivity index (χ0) is 23.2. The summed E-state index contributed by atoms with van der Waals surface area (Å²) in [6.45, 7) is 5.88. The van der Waals surface area contributed by atoms with Gasteiger partial charge >= 0.3 is 5.97 Å². The molecule has 1 saturated carbocycles. The average Bonchev–Trinajstić information content (AvgIpc) is 3.32. The molecule has 0 N–H and O–H groups in total. The van der Waals surface area contributed by atoms with Crippen molar-refractivity contribution in [3.05, 3.63) is 81.3 Å². The lowest BCUT2D eigenvalue weighted by molar-refractivity contribution is -0.143. The molecule has 5 unspecified atom stereocenters. The van der Waals surface area contributed by atoms with E-state index in [4.69, 9.17) is 4.74 Å². The molecule has 0 amide bonds. The maximum Gasteiger partial charge on any atom is 0.330 e. The Hall–Kier alpha value is -1.21. The third kappa shape index (κ3) is 6.47. The van der Waals surface area contributed by atoms with Gasteiger partial charge in [-0.3, -0.25) is 0 Å². The fourth-order valence-electron chi connectivity index (χ4n) is 4.36. The van der Waals surface area contributed by atoms with E-state index in [2.05, 4.69) is 79.1 Å². The van der Waals surface area contributed by atoms with Gasteiger partial charge in [0.2, 0.25) is 0 Å². The molecule has 3 aliphatic rings. The number of esters is 1. The number of ether oxygens (including phenoxy) is 1.